The number of fused-ring (bicyclic) bond motifs is 4. The van der Waals surface area contributed by atoms with Gasteiger partial charge in [0.1, 0.15) is 18.2 Å². The van der Waals surface area contributed by atoms with Gasteiger partial charge in [0.15, 0.2) is 6.20 Å². The van der Waals surface area contributed by atoms with E-state index in [1.54, 1.807) is 0 Å². The van der Waals surface area contributed by atoms with Crippen LogP contribution in [-0.2, 0) is 19.9 Å². The fraction of sp³-hybridized carbons (Fsp3) is 0.258. The standard InChI is InChI=1S/C31H32NOSi/c1-20-12-15-24-25-16-17-27(34(3,4)5)29(23-14-13-21-9-8-10-22(21)19-23)31(25)33-30(24)28(20)26-11-6-7-18-32(26)2/h6-7,11-19H,8-10H2,1-5H3/q+1. The van der Waals surface area contributed by atoms with Gasteiger partial charge in [-0.05, 0) is 59.7 Å². The van der Waals surface area contributed by atoms with Gasteiger partial charge in [0.25, 0.3) is 0 Å². The van der Waals surface area contributed by atoms with Crippen LogP contribution >= 0.6 is 0 Å². The molecule has 2 aromatic heterocycles. The van der Waals surface area contributed by atoms with E-state index < -0.39 is 8.07 Å². The zero-order valence-electron chi connectivity index (χ0n) is 20.8. The van der Waals surface area contributed by atoms with Crippen molar-refractivity contribution in [1.82, 2.24) is 0 Å². The zero-order valence-corrected chi connectivity index (χ0v) is 21.8. The van der Waals surface area contributed by atoms with Crippen molar-refractivity contribution in [2.45, 2.75) is 45.8 Å². The lowest BCUT2D eigenvalue weighted by molar-refractivity contribution is -0.660. The summed E-state index contributed by atoms with van der Waals surface area (Å²) in [5.41, 5.74) is 11.3. The van der Waals surface area contributed by atoms with E-state index in [1.807, 2.05) is 0 Å². The number of nitrogens with zero attached hydrogens (tertiary/aromatic N) is 1. The Morgan fingerprint density at radius 2 is 1.53 bits per heavy atom. The molecule has 34 heavy (non-hydrogen) atoms. The van der Waals surface area contributed by atoms with Crippen molar-refractivity contribution in [3.05, 3.63) is 83.6 Å². The third-order valence-corrected chi connectivity index (χ3v) is 9.56. The molecule has 0 N–H and O–H groups in total. The van der Waals surface area contributed by atoms with E-state index in [1.165, 1.54) is 74.3 Å². The van der Waals surface area contributed by atoms with E-state index in [0.29, 0.717) is 0 Å². The predicted molar refractivity (Wildman–Crippen MR) is 146 cm³/mol. The van der Waals surface area contributed by atoms with Crippen molar-refractivity contribution >= 4 is 35.2 Å². The molecule has 0 bridgehead atoms. The fourth-order valence-electron chi connectivity index (χ4n) is 5.74. The van der Waals surface area contributed by atoms with Gasteiger partial charge in [0.05, 0.1) is 13.6 Å². The van der Waals surface area contributed by atoms with Crippen LogP contribution in [0.3, 0.4) is 0 Å². The van der Waals surface area contributed by atoms with Crippen molar-refractivity contribution in [2.24, 2.45) is 7.05 Å². The van der Waals surface area contributed by atoms with Crippen LogP contribution in [0.25, 0.3) is 44.3 Å². The van der Waals surface area contributed by atoms with Crippen LogP contribution in [0.5, 0.6) is 0 Å². The molecular formula is C31H32NOSi+. The molecule has 0 atom stereocenters. The van der Waals surface area contributed by atoms with Gasteiger partial charge < -0.3 is 4.42 Å². The van der Waals surface area contributed by atoms with Crippen LogP contribution in [0.4, 0.5) is 0 Å². The first kappa shape index (κ1) is 21.4. The number of aryl methyl sites for hydroxylation is 4. The summed E-state index contributed by atoms with van der Waals surface area (Å²) in [6.45, 7) is 9.50. The van der Waals surface area contributed by atoms with Crippen LogP contribution in [0.1, 0.15) is 23.1 Å². The molecule has 0 saturated carbocycles. The highest BCUT2D eigenvalue weighted by molar-refractivity contribution is 6.90. The molecule has 1 aliphatic rings. The minimum atomic E-state index is -1.61. The largest absolute Gasteiger partial charge is 0.455 e. The highest BCUT2D eigenvalue weighted by Crippen LogP contribution is 2.41. The quantitative estimate of drug-likeness (QED) is 0.207. The van der Waals surface area contributed by atoms with Gasteiger partial charge in [0.2, 0.25) is 5.69 Å². The first-order chi connectivity index (χ1) is 16.3. The molecule has 0 spiro atoms. The average Bonchev–Trinajstić information content (AvgIpc) is 3.42. The van der Waals surface area contributed by atoms with Gasteiger partial charge in [-0.25, -0.2) is 4.57 Å². The number of hydrogen-bond donors (Lipinski definition) is 0. The average molecular weight is 463 g/mol. The lowest BCUT2D eigenvalue weighted by atomic mass is 9.97. The van der Waals surface area contributed by atoms with Crippen molar-refractivity contribution in [3.8, 4) is 22.4 Å². The molecule has 170 valence electrons. The molecule has 1 aliphatic carbocycles. The van der Waals surface area contributed by atoms with Gasteiger partial charge in [-0.3, -0.25) is 0 Å². The number of rotatable bonds is 3. The number of hydrogen-bond acceptors (Lipinski definition) is 1. The summed E-state index contributed by atoms with van der Waals surface area (Å²) < 4.78 is 9.11. The van der Waals surface area contributed by atoms with E-state index in [0.717, 1.165) is 11.2 Å². The van der Waals surface area contributed by atoms with E-state index >= 15 is 0 Å². The SMILES string of the molecule is Cc1ccc2c(oc3c(-c4ccc5c(c4)CCC5)c([Si](C)(C)C)ccc32)c1-c1cccc[n+]1C. The third kappa shape index (κ3) is 3.25. The molecule has 3 heteroatoms. The summed E-state index contributed by atoms with van der Waals surface area (Å²) in [5.74, 6) is 0. The van der Waals surface area contributed by atoms with E-state index in [-0.39, 0.29) is 0 Å². The second kappa shape index (κ2) is 7.68. The highest BCUT2D eigenvalue weighted by atomic mass is 28.3. The maximum Gasteiger partial charge on any atom is 0.216 e. The smallest absolute Gasteiger partial charge is 0.216 e. The molecule has 3 aromatic carbocycles. The van der Waals surface area contributed by atoms with Crippen LogP contribution in [0, 0.1) is 6.92 Å². The van der Waals surface area contributed by atoms with Crippen LogP contribution in [0.15, 0.2) is 71.3 Å². The summed E-state index contributed by atoms with van der Waals surface area (Å²) in [6, 6.07) is 22.7. The molecule has 6 rings (SSSR count). The highest BCUT2D eigenvalue weighted by Gasteiger charge is 2.27. The summed E-state index contributed by atoms with van der Waals surface area (Å²) in [4.78, 5) is 0. The third-order valence-electron chi connectivity index (χ3n) is 7.52. The summed E-state index contributed by atoms with van der Waals surface area (Å²) in [5, 5.41) is 3.89. The number of aromatic nitrogens is 1. The van der Waals surface area contributed by atoms with E-state index in [4.69, 9.17) is 4.42 Å². The maximum absolute atomic E-state index is 6.92. The summed E-state index contributed by atoms with van der Waals surface area (Å²) >= 11 is 0. The Balaban J connectivity index is 1.72. The predicted octanol–water partition coefficient (Wildman–Crippen LogP) is 7.09. The van der Waals surface area contributed by atoms with Gasteiger partial charge >= 0.3 is 0 Å². The van der Waals surface area contributed by atoms with Gasteiger partial charge in [0, 0.05) is 28.5 Å². The van der Waals surface area contributed by atoms with Crippen LogP contribution in [-0.4, -0.2) is 8.07 Å². The Labute approximate surface area is 202 Å². The molecule has 0 aliphatic heterocycles. The Morgan fingerprint density at radius 3 is 2.29 bits per heavy atom. The lowest BCUT2D eigenvalue weighted by Gasteiger charge is -2.22. The zero-order chi connectivity index (χ0) is 23.6. The van der Waals surface area contributed by atoms with Crippen LogP contribution < -0.4 is 9.75 Å². The molecule has 0 fully saturated rings. The van der Waals surface area contributed by atoms with Gasteiger partial charge in [-0.1, -0.05) is 62.1 Å². The molecule has 0 unspecified atom stereocenters. The summed E-state index contributed by atoms with van der Waals surface area (Å²) in [6.07, 6.45) is 5.78. The Bertz CT molecular complexity index is 1590. The molecule has 0 saturated heterocycles. The number of pyridine rings is 1. The monoisotopic (exact) mass is 462 g/mol. The maximum atomic E-state index is 6.92. The Kier molecular flexibility index (Phi) is 4.82. The first-order valence-electron chi connectivity index (χ1n) is 12.4. The molecule has 2 nitrogen and oxygen atoms in total. The minimum Gasteiger partial charge on any atom is -0.455 e. The topological polar surface area (TPSA) is 17.0 Å². The second-order valence-corrected chi connectivity index (χ2v) is 15.9. The Hall–Kier alpha value is -3.17. The number of furan rings is 1. The number of benzene rings is 3. The second-order valence-electron chi connectivity index (χ2n) is 10.9. The molecule has 0 amide bonds. The van der Waals surface area contributed by atoms with Gasteiger partial charge in [-0.15, -0.1) is 0 Å². The van der Waals surface area contributed by atoms with Crippen molar-refractivity contribution < 1.29 is 8.98 Å². The summed E-state index contributed by atoms with van der Waals surface area (Å²) in [7, 11) is 0.493. The van der Waals surface area contributed by atoms with Crippen LogP contribution in [0.2, 0.25) is 19.6 Å². The molecule has 5 aromatic rings. The van der Waals surface area contributed by atoms with Crippen molar-refractivity contribution in [1.29, 1.82) is 0 Å². The van der Waals surface area contributed by atoms with Crippen molar-refractivity contribution in [3.63, 3.8) is 0 Å². The molecule has 2 heterocycles. The van der Waals surface area contributed by atoms with Crippen molar-refractivity contribution in [2.75, 3.05) is 0 Å². The fourth-order valence-corrected chi connectivity index (χ4v) is 7.33. The van der Waals surface area contributed by atoms with E-state index in [2.05, 4.69) is 105 Å². The normalized spacial score (nSPS) is 13.7. The van der Waals surface area contributed by atoms with E-state index in [9.17, 15) is 0 Å². The first-order valence-corrected chi connectivity index (χ1v) is 15.9. The molecule has 0 radical (unpaired) electrons. The minimum absolute atomic E-state index is 0.993. The molecular weight excluding hydrogens is 430 g/mol. The Morgan fingerprint density at radius 1 is 0.794 bits per heavy atom. The lowest BCUT2D eigenvalue weighted by Crippen LogP contribution is -2.39. The van der Waals surface area contributed by atoms with Gasteiger partial charge in [-0.2, -0.15) is 0 Å².